The number of nitriles is 1. The Labute approximate surface area is 110 Å². The fourth-order valence-corrected chi connectivity index (χ4v) is 3.38. The minimum atomic E-state index is -0.555. The maximum absolute atomic E-state index is 11.5. The molecule has 1 saturated heterocycles. The molecule has 5 nitrogen and oxygen atoms in total. The summed E-state index contributed by atoms with van der Waals surface area (Å²) in [4.78, 5) is 14.0. The quantitative estimate of drug-likeness (QED) is 0.865. The van der Waals surface area contributed by atoms with E-state index in [4.69, 9.17) is 16.7 Å². The predicted molar refractivity (Wildman–Crippen MR) is 72.6 cm³/mol. The van der Waals surface area contributed by atoms with E-state index in [1.807, 2.05) is 6.07 Å². The summed E-state index contributed by atoms with van der Waals surface area (Å²) in [7, 11) is 0. The van der Waals surface area contributed by atoms with Crippen LogP contribution in [0, 0.1) is 17.2 Å². The minimum absolute atomic E-state index is 0.227. The van der Waals surface area contributed by atoms with E-state index >= 15 is 0 Å². The van der Waals surface area contributed by atoms with Gasteiger partial charge >= 0.3 is 0 Å². The SMILES string of the molecule is CCC1CCN(c2sc(C#N)c(N)c2C(N)=O)C1. The molecule has 0 spiro atoms. The van der Waals surface area contributed by atoms with Crippen LogP contribution in [0.3, 0.4) is 0 Å². The number of primary amides is 1. The van der Waals surface area contributed by atoms with Gasteiger partial charge in [-0.1, -0.05) is 13.3 Å². The number of rotatable bonds is 3. The van der Waals surface area contributed by atoms with Crippen LogP contribution < -0.4 is 16.4 Å². The Morgan fingerprint density at radius 2 is 2.39 bits per heavy atom. The second-order valence-electron chi connectivity index (χ2n) is 4.51. The van der Waals surface area contributed by atoms with E-state index in [-0.39, 0.29) is 5.69 Å². The molecular formula is C12H16N4OS. The molecule has 1 aromatic heterocycles. The Hall–Kier alpha value is -1.74. The van der Waals surface area contributed by atoms with Crippen molar-refractivity contribution in [1.82, 2.24) is 0 Å². The van der Waals surface area contributed by atoms with Crippen LogP contribution in [0.1, 0.15) is 35.0 Å². The van der Waals surface area contributed by atoms with Crippen molar-refractivity contribution in [2.24, 2.45) is 11.7 Å². The number of hydrogen-bond donors (Lipinski definition) is 2. The molecule has 4 N–H and O–H groups in total. The van der Waals surface area contributed by atoms with Crippen molar-refractivity contribution in [3.8, 4) is 6.07 Å². The maximum atomic E-state index is 11.5. The van der Waals surface area contributed by atoms with Gasteiger partial charge < -0.3 is 16.4 Å². The first kappa shape index (κ1) is 12.7. The van der Waals surface area contributed by atoms with Crippen LogP contribution in [0.5, 0.6) is 0 Å². The molecule has 2 rings (SSSR count). The number of nitrogens with zero attached hydrogens (tertiary/aromatic N) is 2. The van der Waals surface area contributed by atoms with E-state index < -0.39 is 5.91 Å². The van der Waals surface area contributed by atoms with Crippen LogP contribution >= 0.6 is 11.3 Å². The Balaban J connectivity index is 2.39. The molecular weight excluding hydrogens is 248 g/mol. The number of nitrogen functional groups attached to an aromatic ring is 1. The van der Waals surface area contributed by atoms with Crippen molar-refractivity contribution < 1.29 is 4.79 Å². The largest absolute Gasteiger partial charge is 0.396 e. The van der Waals surface area contributed by atoms with Gasteiger partial charge in [-0.2, -0.15) is 5.26 Å². The summed E-state index contributed by atoms with van der Waals surface area (Å²) in [5.74, 6) is 0.0831. The zero-order valence-corrected chi connectivity index (χ0v) is 11.1. The van der Waals surface area contributed by atoms with Gasteiger partial charge in [-0.25, -0.2) is 0 Å². The Morgan fingerprint density at radius 3 is 2.89 bits per heavy atom. The van der Waals surface area contributed by atoms with Gasteiger partial charge in [0.05, 0.1) is 11.3 Å². The topological polar surface area (TPSA) is 96.1 Å². The monoisotopic (exact) mass is 264 g/mol. The van der Waals surface area contributed by atoms with E-state index in [0.717, 1.165) is 30.9 Å². The summed E-state index contributed by atoms with van der Waals surface area (Å²) in [5.41, 5.74) is 11.7. The number of carbonyl (C=O) groups excluding carboxylic acids is 1. The highest BCUT2D eigenvalue weighted by Crippen LogP contribution is 2.40. The van der Waals surface area contributed by atoms with Crippen molar-refractivity contribution in [3.63, 3.8) is 0 Å². The van der Waals surface area contributed by atoms with Crippen molar-refractivity contribution in [3.05, 3.63) is 10.4 Å². The van der Waals surface area contributed by atoms with Gasteiger partial charge in [0.1, 0.15) is 15.9 Å². The summed E-state index contributed by atoms with van der Waals surface area (Å²) >= 11 is 1.26. The molecule has 0 saturated carbocycles. The number of carbonyl (C=O) groups is 1. The fourth-order valence-electron chi connectivity index (χ4n) is 2.33. The molecule has 0 aromatic carbocycles. The lowest BCUT2D eigenvalue weighted by molar-refractivity contribution is 0.100. The summed E-state index contributed by atoms with van der Waals surface area (Å²) in [5, 5.41) is 9.75. The van der Waals surface area contributed by atoms with E-state index in [0.29, 0.717) is 16.4 Å². The lowest BCUT2D eigenvalue weighted by Gasteiger charge is -2.17. The molecule has 1 aliphatic heterocycles. The molecule has 6 heteroatoms. The Morgan fingerprint density at radius 1 is 1.67 bits per heavy atom. The van der Waals surface area contributed by atoms with Crippen LogP contribution in [-0.4, -0.2) is 19.0 Å². The first-order chi connectivity index (χ1) is 8.58. The van der Waals surface area contributed by atoms with E-state index in [1.165, 1.54) is 11.3 Å². The smallest absolute Gasteiger partial charge is 0.253 e. The first-order valence-electron chi connectivity index (χ1n) is 5.95. The van der Waals surface area contributed by atoms with Crippen LogP contribution in [0.25, 0.3) is 0 Å². The molecule has 96 valence electrons. The van der Waals surface area contributed by atoms with E-state index in [9.17, 15) is 4.79 Å². The number of anilines is 2. The fraction of sp³-hybridized carbons (Fsp3) is 0.500. The lowest BCUT2D eigenvalue weighted by atomic mass is 10.1. The molecule has 1 aliphatic rings. The van der Waals surface area contributed by atoms with E-state index in [1.54, 1.807) is 0 Å². The average molecular weight is 264 g/mol. The summed E-state index contributed by atoms with van der Waals surface area (Å²) in [6.07, 6.45) is 2.22. The second-order valence-corrected chi connectivity index (χ2v) is 5.51. The molecule has 18 heavy (non-hydrogen) atoms. The molecule has 1 fully saturated rings. The highest BCUT2D eigenvalue weighted by Gasteiger charge is 2.28. The zero-order chi connectivity index (χ0) is 13.3. The Bertz CT molecular complexity index is 517. The molecule has 0 radical (unpaired) electrons. The predicted octanol–water partition coefficient (Wildman–Crippen LogP) is 1.54. The van der Waals surface area contributed by atoms with Crippen LogP contribution in [-0.2, 0) is 0 Å². The number of thiophene rings is 1. The normalized spacial score (nSPS) is 18.9. The maximum Gasteiger partial charge on any atom is 0.253 e. The van der Waals surface area contributed by atoms with Crippen molar-refractivity contribution in [1.29, 1.82) is 5.26 Å². The molecule has 2 heterocycles. The average Bonchev–Trinajstić information content (AvgIpc) is 2.92. The van der Waals surface area contributed by atoms with Crippen molar-refractivity contribution >= 4 is 27.9 Å². The van der Waals surface area contributed by atoms with Gasteiger partial charge in [-0.3, -0.25) is 4.79 Å². The summed E-state index contributed by atoms with van der Waals surface area (Å²) in [6, 6.07) is 2.02. The van der Waals surface area contributed by atoms with Crippen LogP contribution in [0.15, 0.2) is 0 Å². The highest BCUT2D eigenvalue weighted by atomic mass is 32.1. The van der Waals surface area contributed by atoms with Gasteiger partial charge in [0.15, 0.2) is 0 Å². The van der Waals surface area contributed by atoms with Crippen LogP contribution in [0.2, 0.25) is 0 Å². The number of nitrogens with two attached hydrogens (primary N) is 2. The standard InChI is InChI=1S/C12H16N4OS/c1-2-7-3-4-16(6-7)12-9(11(15)17)10(14)8(5-13)18-12/h7H,2-4,6,14H2,1H3,(H2,15,17). The summed E-state index contributed by atoms with van der Waals surface area (Å²) < 4.78 is 0. The summed E-state index contributed by atoms with van der Waals surface area (Å²) in [6.45, 7) is 3.96. The third kappa shape index (κ3) is 2.02. The molecule has 1 unspecified atom stereocenters. The van der Waals surface area contributed by atoms with Gasteiger partial charge in [0, 0.05) is 13.1 Å². The van der Waals surface area contributed by atoms with Crippen molar-refractivity contribution in [2.45, 2.75) is 19.8 Å². The zero-order valence-electron chi connectivity index (χ0n) is 10.3. The first-order valence-corrected chi connectivity index (χ1v) is 6.77. The highest BCUT2D eigenvalue weighted by molar-refractivity contribution is 7.17. The second kappa shape index (κ2) is 4.86. The Kier molecular flexibility index (Phi) is 3.43. The van der Waals surface area contributed by atoms with Crippen LogP contribution in [0.4, 0.5) is 10.7 Å². The van der Waals surface area contributed by atoms with Crippen molar-refractivity contribution in [2.75, 3.05) is 23.7 Å². The van der Waals surface area contributed by atoms with Gasteiger partial charge in [0.2, 0.25) is 0 Å². The van der Waals surface area contributed by atoms with Gasteiger partial charge in [-0.15, -0.1) is 11.3 Å². The lowest BCUT2D eigenvalue weighted by Crippen LogP contribution is -2.23. The van der Waals surface area contributed by atoms with E-state index in [2.05, 4.69) is 11.8 Å². The molecule has 0 bridgehead atoms. The third-order valence-electron chi connectivity index (χ3n) is 3.42. The molecule has 1 aromatic rings. The number of hydrogen-bond acceptors (Lipinski definition) is 5. The van der Waals surface area contributed by atoms with Gasteiger partial charge in [-0.05, 0) is 12.3 Å². The van der Waals surface area contributed by atoms with Gasteiger partial charge in [0.25, 0.3) is 5.91 Å². The number of amides is 1. The minimum Gasteiger partial charge on any atom is -0.396 e. The molecule has 0 aliphatic carbocycles. The third-order valence-corrected chi connectivity index (χ3v) is 4.60. The molecule has 1 atom stereocenters. The molecule has 1 amide bonds.